The average Bonchev–Trinajstić information content (AvgIpc) is 2.72. The molecule has 7 heteroatoms. The lowest BCUT2D eigenvalue weighted by molar-refractivity contribution is -0.134. The summed E-state index contributed by atoms with van der Waals surface area (Å²) in [5.41, 5.74) is 2.12. The monoisotopic (exact) mass is 415 g/mol. The van der Waals surface area contributed by atoms with Gasteiger partial charge in [0.1, 0.15) is 6.04 Å². The zero-order valence-electron chi connectivity index (χ0n) is 17.2. The number of aryl methyl sites for hydroxylation is 1. The fourth-order valence-electron chi connectivity index (χ4n) is 3.44. The first-order valence-electron chi connectivity index (χ1n) is 9.96. The van der Waals surface area contributed by atoms with Gasteiger partial charge in [0.15, 0.2) is 0 Å². The molecule has 1 saturated heterocycles. The molecule has 2 aromatic rings. The van der Waals surface area contributed by atoms with Gasteiger partial charge in [-0.05, 0) is 37.1 Å². The molecule has 1 unspecified atom stereocenters. The highest BCUT2D eigenvalue weighted by Crippen LogP contribution is 2.18. The van der Waals surface area contributed by atoms with Crippen molar-refractivity contribution in [3.8, 4) is 0 Å². The van der Waals surface area contributed by atoms with Crippen LogP contribution in [0, 0.1) is 12.8 Å². The number of sulfonamides is 1. The Morgan fingerprint density at radius 3 is 2.07 bits per heavy atom. The van der Waals surface area contributed by atoms with Crippen LogP contribution in [-0.2, 0) is 14.8 Å². The molecule has 0 aliphatic carbocycles. The Labute approximate surface area is 173 Å². The standard InChI is InChI=1S/C22H29N3O3S/c1-17(2)21(23-29(27,28)20-11-9-18(3)10-12-20)22(26)25-15-13-24(14-16-25)19-7-5-4-6-8-19/h4-12,17,21,23H,13-16H2,1-3H3. The quantitative estimate of drug-likeness (QED) is 0.788. The number of carbonyl (C=O) groups is 1. The van der Waals surface area contributed by atoms with Crippen molar-refractivity contribution in [2.45, 2.75) is 31.7 Å². The Hall–Kier alpha value is -2.38. The maximum Gasteiger partial charge on any atom is 0.241 e. The SMILES string of the molecule is Cc1ccc(S(=O)(=O)NC(C(=O)N2CCN(c3ccccc3)CC2)C(C)C)cc1. The van der Waals surface area contributed by atoms with Gasteiger partial charge in [0.05, 0.1) is 4.90 Å². The Morgan fingerprint density at radius 2 is 1.52 bits per heavy atom. The van der Waals surface area contributed by atoms with Gasteiger partial charge in [-0.15, -0.1) is 0 Å². The lowest BCUT2D eigenvalue weighted by atomic mass is 10.0. The van der Waals surface area contributed by atoms with Crippen molar-refractivity contribution in [3.05, 3.63) is 60.2 Å². The van der Waals surface area contributed by atoms with E-state index in [2.05, 4.69) is 21.8 Å². The molecule has 156 valence electrons. The largest absolute Gasteiger partial charge is 0.368 e. The van der Waals surface area contributed by atoms with E-state index < -0.39 is 16.1 Å². The first-order valence-corrected chi connectivity index (χ1v) is 11.4. The summed E-state index contributed by atoms with van der Waals surface area (Å²) in [4.78, 5) is 17.3. The highest BCUT2D eigenvalue weighted by molar-refractivity contribution is 7.89. The number of hydrogen-bond acceptors (Lipinski definition) is 4. The van der Waals surface area contributed by atoms with Crippen molar-refractivity contribution in [1.29, 1.82) is 0 Å². The summed E-state index contributed by atoms with van der Waals surface area (Å²) in [7, 11) is -3.77. The van der Waals surface area contributed by atoms with E-state index in [0.29, 0.717) is 13.1 Å². The lowest BCUT2D eigenvalue weighted by Crippen LogP contribution is -2.56. The minimum Gasteiger partial charge on any atom is -0.368 e. The highest BCUT2D eigenvalue weighted by Gasteiger charge is 2.33. The van der Waals surface area contributed by atoms with E-state index in [1.165, 1.54) is 0 Å². The van der Waals surface area contributed by atoms with Gasteiger partial charge < -0.3 is 9.80 Å². The van der Waals surface area contributed by atoms with Crippen molar-refractivity contribution in [2.24, 2.45) is 5.92 Å². The van der Waals surface area contributed by atoms with Crippen LogP contribution in [0.1, 0.15) is 19.4 Å². The molecule has 1 heterocycles. The summed E-state index contributed by atoms with van der Waals surface area (Å²) in [6, 6.07) is 16.0. The van der Waals surface area contributed by atoms with Gasteiger partial charge in [-0.25, -0.2) is 8.42 Å². The van der Waals surface area contributed by atoms with E-state index in [9.17, 15) is 13.2 Å². The fraction of sp³-hybridized carbons (Fsp3) is 0.409. The number of piperazine rings is 1. The topological polar surface area (TPSA) is 69.7 Å². The van der Waals surface area contributed by atoms with Gasteiger partial charge in [0.25, 0.3) is 0 Å². The predicted octanol–water partition coefficient (Wildman–Crippen LogP) is 2.65. The second kappa shape index (κ2) is 8.97. The number of nitrogens with one attached hydrogen (secondary N) is 1. The van der Waals surface area contributed by atoms with Crippen LogP contribution in [0.5, 0.6) is 0 Å². The minimum atomic E-state index is -3.77. The van der Waals surface area contributed by atoms with Gasteiger partial charge in [0.2, 0.25) is 15.9 Å². The molecule has 0 radical (unpaired) electrons. The molecule has 1 N–H and O–H groups in total. The second-order valence-electron chi connectivity index (χ2n) is 7.80. The summed E-state index contributed by atoms with van der Waals surface area (Å²) in [5, 5.41) is 0. The van der Waals surface area contributed by atoms with Crippen LogP contribution in [0.25, 0.3) is 0 Å². The Morgan fingerprint density at radius 1 is 0.931 bits per heavy atom. The number of nitrogens with zero attached hydrogens (tertiary/aromatic N) is 2. The van der Waals surface area contributed by atoms with E-state index in [4.69, 9.17) is 0 Å². The third-order valence-corrected chi connectivity index (χ3v) is 6.72. The van der Waals surface area contributed by atoms with Crippen LogP contribution in [0.15, 0.2) is 59.5 Å². The third kappa shape index (κ3) is 5.16. The molecule has 2 aromatic carbocycles. The number of carbonyl (C=O) groups excluding carboxylic acids is 1. The van der Waals surface area contributed by atoms with Crippen LogP contribution >= 0.6 is 0 Å². The van der Waals surface area contributed by atoms with E-state index in [-0.39, 0.29) is 16.7 Å². The first-order chi connectivity index (χ1) is 13.8. The predicted molar refractivity (Wildman–Crippen MR) is 115 cm³/mol. The summed E-state index contributed by atoms with van der Waals surface area (Å²) in [5.74, 6) is -0.321. The molecule has 0 aromatic heterocycles. The maximum absolute atomic E-state index is 13.1. The summed E-state index contributed by atoms with van der Waals surface area (Å²) in [6.07, 6.45) is 0. The Bertz CT molecular complexity index is 920. The van der Waals surface area contributed by atoms with Crippen molar-refractivity contribution in [2.75, 3.05) is 31.1 Å². The molecule has 1 fully saturated rings. The second-order valence-corrected chi connectivity index (χ2v) is 9.52. The maximum atomic E-state index is 13.1. The molecule has 1 amide bonds. The van der Waals surface area contributed by atoms with Gasteiger partial charge in [-0.1, -0.05) is 49.7 Å². The molecule has 1 atom stereocenters. The fourth-order valence-corrected chi connectivity index (χ4v) is 4.78. The van der Waals surface area contributed by atoms with Crippen LogP contribution in [0.4, 0.5) is 5.69 Å². The zero-order valence-corrected chi connectivity index (χ0v) is 18.0. The number of para-hydroxylation sites is 1. The van der Waals surface area contributed by atoms with Crippen molar-refractivity contribution in [1.82, 2.24) is 9.62 Å². The van der Waals surface area contributed by atoms with E-state index >= 15 is 0 Å². The molecule has 0 bridgehead atoms. The summed E-state index contributed by atoms with van der Waals surface area (Å²) < 4.78 is 28.2. The van der Waals surface area contributed by atoms with Crippen molar-refractivity contribution < 1.29 is 13.2 Å². The van der Waals surface area contributed by atoms with Crippen LogP contribution in [0.2, 0.25) is 0 Å². The minimum absolute atomic E-state index is 0.158. The molecule has 6 nitrogen and oxygen atoms in total. The number of amides is 1. The van der Waals surface area contributed by atoms with Crippen molar-refractivity contribution >= 4 is 21.6 Å². The van der Waals surface area contributed by atoms with Crippen LogP contribution in [0.3, 0.4) is 0 Å². The first kappa shape index (κ1) is 21.3. The molecule has 1 aliphatic rings. The number of anilines is 1. The molecular formula is C22H29N3O3S. The van der Waals surface area contributed by atoms with Gasteiger partial charge in [-0.2, -0.15) is 4.72 Å². The molecule has 0 spiro atoms. The van der Waals surface area contributed by atoms with Gasteiger partial charge >= 0.3 is 0 Å². The molecule has 29 heavy (non-hydrogen) atoms. The lowest BCUT2D eigenvalue weighted by Gasteiger charge is -2.38. The average molecular weight is 416 g/mol. The Balaban J connectivity index is 1.68. The number of hydrogen-bond donors (Lipinski definition) is 1. The third-order valence-electron chi connectivity index (χ3n) is 5.26. The van der Waals surface area contributed by atoms with E-state index in [0.717, 1.165) is 24.3 Å². The number of benzene rings is 2. The van der Waals surface area contributed by atoms with Gasteiger partial charge in [-0.3, -0.25) is 4.79 Å². The normalized spacial score (nSPS) is 16.1. The zero-order chi connectivity index (χ0) is 21.0. The van der Waals surface area contributed by atoms with Crippen LogP contribution in [-0.4, -0.2) is 51.4 Å². The molecule has 3 rings (SSSR count). The van der Waals surface area contributed by atoms with Crippen LogP contribution < -0.4 is 9.62 Å². The highest BCUT2D eigenvalue weighted by atomic mass is 32.2. The molecule has 1 aliphatic heterocycles. The number of rotatable bonds is 6. The van der Waals surface area contributed by atoms with E-state index in [1.54, 1.807) is 29.2 Å². The van der Waals surface area contributed by atoms with E-state index in [1.807, 2.05) is 39.0 Å². The molecular weight excluding hydrogens is 386 g/mol. The summed E-state index contributed by atoms with van der Waals surface area (Å²) >= 11 is 0. The summed E-state index contributed by atoms with van der Waals surface area (Å²) in [6.45, 7) is 8.23. The van der Waals surface area contributed by atoms with Gasteiger partial charge in [0, 0.05) is 31.9 Å². The Kier molecular flexibility index (Phi) is 6.59. The molecule has 0 saturated carbocycles. The smallest absolute Gasteiger partial charge is 0.241 e. The van der Waals surface area contributed by atoms with Crippen molar-refractivity contribution in [3.63, 3.8) is 0 Å².